The maximum Gasteiger partial charge on any atom is 0.250 e. The molecule has 0 bridgehead atoms. The highest BCUT2D eigenvalue weighted by Crippen LogP contribution is 2.28. The molecular formula is C24H21N5O3S. The molecule has 4 rings (SSSR count). The lowest BCUT2D eigenvalue weighted by Crippen LogP contribution is -2.20. The molecule has 3 N–H and O–H groups in total. The minimum Gasteiger partial charge on any atom is -0.504 e. The number of nitrogens with zero attached hydrogens (tertiary/aromatic N) is 4. The fourth-order valence-corrected chi connectivity index (χ4v) is 3.77. The Bertz CT molecular complexity index is 1290. The van der Waals surface area contributed by atoms with Crippen LogP contribution in [0.2, 0.25) is 0 Å². The van der Waals surface area contributed by atoms with Crippen molar-refractivity contribution in [3.05, 3.63) is 83.9 Å². The van der Waals surface area contributed by atoms with Crippen molar-refractivity contribution in [2.45, 2.75) is 12.1 Å². The quantitative estimate of drug-likeness (QED) is 0.167. The fraction of sp³-hybridized carbons (Fsp3) is 0.0833. The van der Waals surface area contributed by atoms with E-state index in [1.807, 2.05) is 66.1 Å². The number of para-hydroxylation sites is 1. The summed E-state index contributed by atoms with van der Waals surface area (Å²) in [4.78, 5) is 12.3. The number of phenolic OH excluding ortho intramolecular Hbond substituents is 2. The van der Waals surface area contributed by atoms with Crippen molar-refractivity contribution in [3.63, 3.8) is 0 Å². The Morgan fingerprint density at radius 1 is 1.03 bits per heavy atom. The molecule has 0 aliphatic carbocycles. The number of thioether (sulfide) groups is 1. The highest BCUT2D eigenvalue weighted by atomic mass is 32.2. The molecule has 1 aromatic heterocycles. The lowest BCUT2D eigenvalue weighted by molar-refractivity contribution is -0.118. The number of amides is 1. The molecule has 0 radical (unpaired) electrons. The van der Waals surface area contributed by atoms with Crippen molar-refractivity contribution < 1.29 is 15.0 Å². The molecule has 33 heavy (non-hydrogen) atoms. The van der Waals surface area contributed by atoms with Gasteiger partial charge >= 0.3 is 0 Å². The Morgan fingerprint density at radius 3 is 2.52 bits per heavy atom. The molecule has 8 nitrogen and oxygen atoms in total. The van der Waals surface area contributed by atoms with Gasteiger partial charge in [-0.05, 0) is 42.8 Å². The summed E-state index contributed by atoms with van der Waals surface area (Å²) in [6.45, 7) is 2.03. The molecule has 0 fully saturated rings. The normalized spacial score (nSPS) is 11.1. The maximum absolute atomic E-state index is 12.3. The van der Waals surface area contributed by atoms with Crippen LogP contribution in [0.3, 0.4) is 0 Å². The third-order valence-electron chi connectivity index (χ3n) is 4.69. The number of aryl methyl sites for hydroxylation is 1. The van der Waals surface area contributed by atoms with Gasteiger partial charge in [-0.1, -0.05) is 59.8 Å². The Balaban J connectivity index is 1.48. The Hall–Kier alpha value is -4.11. The van der Waals surface area contributed by atoms with Crippen LogP contribution in [-0.2, 0) is 4.79 Å². The first kappa shape index (κ1) is 22.1. The van der Waals surface area contributed by atoms with Gasteiger partial charge in [0.15, 0.2) is 22.5 Å². The van der Waals surface area contributed by atoms with Crippen LogP contribution >= 0.6 is 11.8 Å². The number of aromatic hydroxyl groups is 2. The van der Waals surface area contributed by atoms with E-state index < -0.39 is 0 Å². The smallest absolute Gasteiger partial charge is 0.250 e. The number of carbonyl (C=O) groups is 1. The van der Waals surface area contributed by atoms with E-state index in [2.05, 4.69) is 20.7 Å². The van der Waals surface area contributed by atoms with E-state index in [-0.39, 0.29) is 23.2 Å². The zero-order chi connectivity index (χ0) is 23.2. The standard InChI is InChI=1S/C24H21N5O3S/c1-16-7-10-18(11-8-16)23-27-28-24(29(23)19-5-3-2-4-6-19)33-15-22(32)26-25-14-17-9-12-20(30)21(31)13-17/h2-14,30-31H,15H2,1H3,(H,26,32)/b25-14-. The summed E-state index contributed by atoms with van der Waals surface area (Å²) in [6, 6.07) is 22.0. The summed E-state index contributed by atoms with van der Waals surface area (Å²) in [5.74, 6) is -0.0320. The number of hydrogen-bond donors (Lipinski definition) is 3. The van der Waals surface area contributed by atoms with Gasteiger partial charge in [-0.2, -0.15) is 5.10 Å². The summed E-state index contributed by atoms with van der Waals surface area (Å²) >= 11 is 1.25. The van der Waals surface area contributed by atoms with Crippen molar-refractivity contribution in [3.8, 4) is 28.6 Å². The van der Waals surface area contributed by atoms with Crippen LogP contribution in [0.1, 0.15) is 11.1 Å². The molecule has 0 aliphatic heterocycles. The molecule has 1 amide bonds. The van der Waals surface area contributed by atoms with Crippen LogP contribution in [0, 0.1) is 6.92 Å². The average Bonchev–Trinajstić information content (AvgIpc) is 3.25. The number of nitrogens with one attached hydrogen (secondary N) is 1. The number of hydrazone groups is 1. The van der Waals surface area contributed by atoms with Crippen molar-refractivity contribution >= 4 is 23.9 Å². The number of rotatable bonds is 7. The zero-order valence-corrected chi connectivity index (χ0v) is 18.5. The minimum atomic E-state index is -0.321. The Morgan fingerprint density at radius 2 is 1.79 bits per heavy atom. The van der Waals surface area contributed by atoms with Crippen LogP contribution in [0.15, 0.2) is 83.1 Å². The van der Waals surface area contributed by atoms with Crippen molar-refractivity contribution in [2.75, 3.05) is 5.75 Å². The molecule has 0 unspecified atom stereocenters. The molecule has 0 atom stereocenters. The number of carbonyl (C=O) groups excluding carboxylic acids is 1. The topological polar surface area (TPSA) is 113 Å². The molecule has 0 aliphatic rings. The highest BCUT2D eigenvalue weighted by Gasteiger charge is 2.17. The second-order valence-corrected chi connectivity index (χ2v) is 8.12. The lowest BCUT2D eigenvalue weighted by Gasteiger charge is -2.10. The molecule has 0 saturated heterocycles. The van der Waals surface area contributed by atoms with E-state index >= 15 is 0 Å². The van der Waals surface area contributed by atoms with Gasteiger partial charge in [0.2, 0.25) is 0 Å². The minimum absolute atomic E-state index is 0.0804. The predicted octanol–water partition coefficient (Wildman–Crippen LogP) is 3.90. The van der Waals surface area contributed by atoms with Crippen LogP contribution in [0.4, 0.5) is 0 Å². The monoisotopic (exact) mass is 459 g/mol. The van der Waals surface area contributed by atoms with Gasteiger partial charge in [0, 0.05) is 11.3 Å². The molecule has 166 valence electrons. The lowest BCUT2D eigenvalue weighted by atomic mass is 10.1. The molecule has 3 aromatic carbocycles. The van der Waals surface area contributed by atoms with Gasteiger partial charge in [0.1, 0.15) is 0 Å². The average molecular weight is 460 g/mol. The Kier molecular flexibility index (Phi) is 6.70. The zero-order valence-electron chi connectivity index (χ0n) is 17.7. The molecule has 9 heteroatoms. The number of benzene rings is 3. The number of aromatic nitrogens is 3. The molecule has 1 heterocycles. The van der Waals surface area contributed by atoms with Crippen LogP contribution in [0.25, 0.3) is 17.1 Å². The number of hydrogen-bond acceptors (Lipinski definition) is 7. The van der Waals surface area contributed by atoms with E-state index in [9.17, 15) is 15.0 Å². The number of phenols is 2. The first-order chi connectivity index (χ1) is 16.0. The van der Waals surface area contributed by atoms with E-state index in [1.165, 1.54) is 30.1 Å². The van der Waals surface area contributed by atoms with E-state index in [1.54, 1.807) is 6.07 Å². The highest BCUT2D eigenvalue weighted by molar-refractivity contribution is 7.99. The third-order valence-corrected chi connectivity index (χ3v) is 5.62. The van der Waals surface area contributed by atoms with Crippen LogP contribution in [-0.4, -0.2) is 42.9 Å². The molecular weight excluding hydrogens is 438 g/mol. The van der Waals surface area contributed by atoms with Gasteiger partial charge in [0.05, 0.1) is 12.0 Å². The predicted molar refractivity (Wildman–Crippen MR) is 128 cm³/mol. The maximum atomic E-state index is 12.3. The van der Waals surface area contributed by atoms with Crippen LogP contribution in [0.5, 0.6) is 11.5 Å². The first-order valence-corrected chi connectivity index (χ1v) is 11.0. The van der Waals surface area contributed by atoms with Gasteiger partial charge in [-0.15, -0.1) is 10.2 Å². The van der Waals surface area contributed by atoms with Crippen LogP contribution < -0.4 is 5.43 Å². The van der Waals surface area contributed by atoms with Gasteiger partial charge in [-0.3, -0.25) is 9.36 Å². The van der Waals surface area contributed by atoms with E-state index in [0.29, 0.717) is 16.5 Å². The molecule has 0 spiro atoms. The Labute approximate surface area is 194 Å². The summed E-state index contributed by atoms with van der Waals surface area (Å²) in [7, 11) is 0. The molecule has 0 saturated carbocycles. The summed E-state index contributed by atoms with van der Waals surface area (Å²) in [5, 5.41) is 32.0. The first-order valence-electron chi connectivity index (χ1n) is 10.1. The summed E-state index contributed by atoms with van der Waals surface area (Å²) < 4.78 is 1.92. The van der Waals surface area contributed by atoms with Crippen molar-refractivity contribution in [2.24, 2.45) is 5.10 Å². The fourth-order valence-electron chi connectivity index (χ4n) is 3.02. The second kappa shape index (κ2) is 10.0. The van der Waals surface area contributed by atoms with Crippen molar-refractivity contribution in [1.82, 2.24) is 20.2 Å². The van der Waals surface area contributed by atoms with Gasteiger partial charge in [-0.25, -0.2) is 5.43 Å². The summed E-state index contributed by atoms with van der Waals surface area (Å²) in [5.41, 5.74) is 5.95. The van der Waals surface area contributed by atoms with Crippen molar-refractivity contribution in [1.29, 1.82) is 0 Å². The van der Waals surface area contributed by atoms with Gasteiger partial charge < -0.3 is 10.2 Å². The van der Waals surface area contributed by atoms with Gasteiger partial charge in [0.25, 0.3) is 5.91 Å². The SMILES string of the molecule is Cc1ccc(-c2nnc(SCC(=O)N/N=C\c3ccc(O)c(O)c3)n2-c2ccccc2)cc1. The second-order valence-electron chi connectivity index (χ2n) is 7.17. The van der Waals surface area contributed by atoms with E-state index in [0.717, 1.165) is 16.8 Å². The third kappa shape index (κ3) is 5.39. The molecule has 4 aromatic rings. The largest absolute Gasteiger partial charge is 0.504 e. The summed E-state index contributed by atoms with van der Waals surface area (Å²) in [6.07, 6.45) is 1.38. The van der Waals surface area contributed by atoms with E-state index in [4.69, 9.17) is 0 Å².